The van der Waals surface area contributed by atoms with E-state index >= 15 is 0 Å². The van der Waals surface area contributed by atoms with Crippen LogP contribution in [0.1, 0.15) is 20.9 Å². The fourth-order valence-corrected chi connectivity index (χ4v) is 2.68. The third-order valence-corrected chi connectivity index (χ3v) is 4.13. The molecule has 0 unspecified atom stereocenters. The Morgan fingerprint density at radius 3 is 2.39 bits per heavy atom. The summed E-state index contributed by atoms with van der Waals surface area (Å²) in [6.45, 7) is 0. The molecule has 0 bridgehead atoms. The van der Waals surface area contributed by atoms with Gasteiger partial charge >= 0.3 is 5.97 Å². The number of amides is 1. The van der Waals surface area contributed by atoms with Gasteiger partial charge in [0.25, 0.3) is 5.91 Å². The Morgan fingerprint density at radius 1 is 1.04 bits per heavy atom. The number of carbonyl (C=O) groups is 2. The monoisotopic (exact) mass is 416 g/mol. The highest BCUT2D eigenvalue weighted by molar-refractivity contribution is 7.80. The van der Waals surface area contributed by atoms with Crippen LogP contribution in [-0.4, -0.2) is 27.2 Å². The second kappa shape index (κ2) is 8.12. The maximum Gasteiger partial charge on any atom is 0.339 e. The standard InChI is InChI=1S/C19H13ClN2O5S/c20-11-3-1-10(2-4-11)15-7-8-16(27-15)17(24)22-19(28)21-12-5-6-13(18(25)26)14(23)9-12/h1-9,23H,(H,25,26)(H2,21,22,24,28). The average molecular weight is 417 g/mol. The minimum atomic E-state index is -1.26. The molecule has 7 nitrogen and oxygen atoms in total. The molecular weight excluding hydrogens is 404 g/mol. The van der Waals surface area contributed by atoms with Crippen LogP contribution < -0.4 is 10.6 Å². The highest BCUT2D eigenvalue weighted by Gasteiger charge is 2.15. The van der Waals surface area contributed by atoms with E-state index in [9.17, 15) is 14.7 Å². The largest absolute Gasteiger partial charge is 0.507 e. The van der Waals surface area contributed by atoms with Gasteiger partial charge in [0.15, 0.2) is 10.9 Å². The van der Waals surface area contributed by atoms with Crippen LogP contribution in [0, 0.1) is 0 Å². The molecule has 142 valence electrons. The Balaban J connectivity index is 1.65. The summed E-state index contributed by atoms with van der Waals surface area (Å²) in [6, 6.07) is 13.9. The Kier molecular flexibility index (Phi) is 5.62. The van der Waals surface area contributed by atoms with Crippen LogP contribution >= 0.6 is 23.8 Å². The van der Waals surface area contributed by atoms with Crippen molar-refractivity contribution in [3.8, 4) is 17.1 Å². The molecule has 0 radical (unpaired) electrons. The van der Waals surface area contributed by atoms with Crippen LogP contribution in [0.25, 0.3) is 11.3 Å². The summed E-state index contributed by atoms with van der Waals surface area (Å²) >= 11 is 10.9. The van der Waals surface area contributed by atoms with Crippen molar-refractivity contribution >= 4 is 46.5 Å². The molecule has 1 aromatic heterocycles. The third kappa shape index (κ3) is 4.48. The van der Waals surface area contributed by atoms with Gasteiger partial charge in [-0.05, 0) is 60.7 Å². The van der Waals surface area contributed by atoms with Crippen LogP contribution in [0.3, 0.4) is 0 Å². The van der Waals surface area contributed by atoms with Crippen molar-refractivity contribution in [1.82, 2.24) is 5.32 Å². The molecule has 0 atom stereocenters. The van der Waals surface area contributed by atoms with Crippen molar-refractivity contribution in [3.63, 3.8) is 0 Å². The zero-order valence-corrected chi connectivity index (χ0v) is 15.7. The van der Waals surface area contributed by atoms with Gasteiger partial charge in [-0.25, -0.2) is 4.79 Å². The number of aromatic hydroxyl groups is 1. The van der Waals surface area contributed by atoms with Crippen LogP contribution in [0.15, 0.2) is 59.0 Å². The van der Waals surface area contributed by atoms with Crippen molar-refractivity contribution in [3.05, 3.63) is 70.9 Å². The van der Waals surface area contributed by atoms with Gasteiger partial charge in [-0.1, -0.05) is 11.6 Å². The summed E-state index contributed by atoms with van der Waals surface area (Å²) in [6.07, 6.45) is 0. The number of benzene rings is 2. The van der Waals surface area contributed by atoms with E-state index < -0.39 is 17.6 Å². The Labute approximate surface area is 169 Å². The topological polar surface area (TPSA) is 112 Å². The summed E-state index contributed by atoms with van der Waals surface area (Å²) in [4.78, 5) is 23.2. The van der Waals surface area contributed by atoms with Gasteiger partial charge in [0.1, 0.15) is 17.1 Å². The summed E-state index contributed by atoms with van der Waals surface area (Å²) in [7, 11) is 0. The predicted octanol–water partition coefficient (Wildman–Crippen LogP) is 4.13. The molecule has 0 aliphatic heterocycles. The molecule has 0 fully saturated rings. The quantitative estimate of drug-likeness (QED) is 0.473. The first-order valence-electron chi connectivity index (χ1n) is 7.88. The van der Waals surface area contributed by atoms with E-state index in [-0.39, 0.29) is 16.4 Å². The van der Waals surface area contributed by atoms with Crippen molar-refractivity contribution in [2.75, 3.05) is 5.32 Å². The van der Waals surface area contributed by atoms with Gasteiger partial charge in [-0.3, -0.25) is 10.1 Å². The van der Waals surface area contributed by atoms with Gasteiger partial charge in [-0.15, -0.1) is 0 Å². The van der Waals surface area contributed by atoms with Crippen molar-refractivity contribution in [1.29, 1.82) is 0 Å². The molecule has 4 N–H and O–H groups in total. The molecule has 0 saturated heterocycles. The minimum Gasteiger partial charge on any atom is -0.507 e. The highest BCUT2D eigenvalue weighted by atomic mass is 35.5. The first-order chi connectivity index (χ1) is 13.3. The van der Waals surface area contributed by atoms with E-state index in [0.29, 0.717) is 16.5 Å². The number of hydrogen-bond donors (Lipinski definition) is 4. The molecule has 0 saturated carbocycles. The predicted molar refractivity (Wildman–Crippen MR) is 108 cm³/mol. The fraction of sp³-hybridized carbons (Fsp3) is 0. The molecule has 0 aliphatic carbocycles. The van der Waals surface area contributed by atoms with E-state index in [1.807, 2.05) is 0 Å². The number of rotatable bonds is 4. The van der Waals surface area contributed by atoms with Gasteiger partial charge in [-0.2, -0.15) is 0 Å². The molecule has 9 heteroatoms. The second-order valence-electron chi connectivity index (χ2n) is 5.62. The molecule has 0 spiro atoms. The van der Waals surface area contributed by atoms with Crippen LogP contribution in [0.5, 0.6) is 5.75 Å². The minimum absolute atomic E-state index is 0.0445. The molecule has 2 aromatic carbocycles. The number of anilines is 1. The lowest BCUT2D eigenvalue weighted by molar-refractivity contribution is 0.0693. The summed E-state index contributed by atoms with van der Waals surface area (Å²) in [5, 5.41) is 24.3. The molecule has 0 aliphatic rings. The van der Waals surface area contributed by atoms with Gasteiger partial charge < -0.3 is 19.9 Å². The van der Waals surface area contributed by atoms with Crippen LogP contribution in [-0.2, 0) is 0 Å². The van der Waals surface area contributed by atoms with E-state index in [1.165, 1.54) is 24.3 Å². The molecule has 1 heterocycles. The first-order valence-corrected chi connectivity index (χ1v) is 8.66. The van der Waals surface area contributed by atoms with Crippen molar-refractivity contribution in [2.24, 2.45) is 0 Å². The van der Waals surface area contributed by atoms with E-state index in [2.05, 4.69) is 10.6 Å². The second-order valence-corrected chi connectivity index (χ2v) is 6.46. The Hall–Kier alpha value is -3.36. The normalized spacial score (nSPS) is 10.3. The van der Waals surface area contributed by atoms with Crippen molar-refractivity contribution < 1.29 is 24.2 Å². The average Bonchev–Trinajstić information content (AvgIpc) is 3.12. The SMILES string of the molecule is O=C(NC(=S)Nc1ccc(C(=O)O)c(O)c1)c1ccc(-c2ccc(Cl)cc2)o1. The van der Waals surface area contributed by atoms with Crippen LogP contribution in [0.2, 0.25) is 5.02 Å². The molecule has 3 aromatic rings. The zero-order valence-electron chi connectivity index (χ0n) is 14.1. The van der Waals surface area contributed by atoms with Crippen LogP contribution in [0.4, 0.5) is 5.69 Å². The Bertz CT molecular complexity index is 1060. The molecule has 1 amide bonds. The number of nitrogens with one attached hydrogen (secondary N) is 2. The maximum atomic E-state index is 12.3. The first kappa shape index (κ1) is 19.4. The summed E-state index contributed by atoms with van der Waals surface area (Å²) in [5.41, 5.74) is 0.832. The zero-order chi connectivity index (χ0) is 20.3. The molecule has 3 rings (SSSR count). The number of carboxylic acid groups (broad SMARTS) is 1. The number of carbonyl (C=O) groups excluding carboxylic acids is 1. The van der Waals surface area contributed by atoms with E-state index in [4.69, 9.17) is 33.3 Å². The summed E-state index contributed by atoms with van der Waals surface area (Å²) in [5.74, 6) is -1.70. The number of thiocarbonyl (C=S) groups is 1. The van der Waals surface area contributed by atoms with Gasteiger partial charge in [0.2, 0.25) is 0 Å². The number of hydrogen-bond acceptors (Lipinski definition) is 5. The lowest BCUT2D eigenvalue weighted by atomic mass is 10.2. The van der Waals surface area contributed by atoms with Gasteiger partial charge in [0, 0.05) is 22.3 Å². The smallest absolute Gasteiger partial charge is 0.339 e. The number of aromatic carboxylic acids is 1. The van der Waals surface area contributed by atoms with Gasteiger partial charge in [0.05, 0.1) is 0 Å². The lowest BCUT2D eigenvalue weighted by Gasteiger charge is -2.09. The number of carboxylic acids is 1. The van der Waals surface area contributed by atoms with E-state index in [1.54, 1.807) is 30.3 Å². The summed E-state index contributed by atoms with van der Waals surface area (Å²) < 4.78 is 5.54. The maximum absolute atomic E-state index is 12.3. The third-order valence-electron chi connectivity index (χ3n) is 3.67. The fourth-order valence-electron chi connectivity index (χ4n) is 2.35. The van der Waals surface area contributed by atoms with E-state index in [0.717, 1.165) is 5.56 Å². The molecule has 28 heavy (non-hydrogen) atoms. The Morgan fingerprint density at radius 2 is 1.75 bits per heavy atom. The number of halogens is 1. The lowest BCUT2D eigenvalue weighted by Crippen LogP contribution is -2.33. The number of phenols is 1. The highest BCUT2D eigenvalue weighted by Crippen LogP contribution is 2.24. The molecular formula is C19H13ClN2O5S. The number of furan rings is 1. The van der Waals surface area contributed by atoms with Crippen molar-refractivity contribution in [2.45, 2.75) is 0 Å².